The molecule has 1 aliphatic heterocycles. The van der Waals surface area contributed by atoms with Crippen LogP contribution in [0.1, 0.15) is 16.7 Å². The number of hydrogen-bond acceptors (Lipinski definition) is 11. The van der Waals surface area contributed by atoms with Crippen LogP contribution in [-0.4, -0.2) is 61.6 Å². The van der Waals surface area contributed by atoms with Gasteiger partial charge in [0.2, 0.25) is 0 Å². The fourth-order valence-electron chi connectivity index (χ4n) is 3.80. The van der Waals surface area contributed by atoms with Crippen LogP contribution >= 0.6 is 0 Å². The average Bonchev–Trinajstić information content (AvgIpc) is 3.16. The van der Waals surface area contributed by atoms with Crippen molar-refractivity contribution in [2.45, 2.75) is 60.1 Å². The topological polar surface area (TPSA) is 160 Å². The van der Waals surface area contributed by atoms with Gasteiger partial charge in [0.1, 0.15) is 12.2 Å². The molecule has 3 aromatic rings. The van der Waals surface area contributed by atoms with Crippen LogP contribution in [0.4, 0.5) is 0 Å². The van der Waals surface area contributed by atoms with E-state index in [4.69, 9.17) is 17.3 Å². The Balaban J connectivity index is 1.63. The van der Waals surface area contributed by atoms with Gasteiger partial charge in [0.05, 0.1) is 21.3 Å². The third-order valence-corrected chi connectivity index (χ3v) is 10.0. The van der Waals surface area contributed by atoms with Crippen molar-refractivity contribution in [3.8, 4) is 0 Å². The number of hydrogen-bond donors (Lipinski definition) is 1. The molecular formula is C26H28O11S3. The van der Waals surface area contributed by atoms with E-state index in [1.165, 1.54) is 60.7 Å². The second-order valence-electron chi connectivity index (χ2n) is 9.27. The number of ether oxygens (including phenoxy) is 1. The highest BCUT2D eigenvalue weighted by Gasteiger charge is 2.51. The first-order valence-electron chi connectivity index (χ1n) is 12.0. The van der Waals surface area contributed by atoms with E-state index in [0.717, 1.165) is 16.7 Å². The standard InChI is InChI=1S/C26H28O11S3/c1-17-4-10-20(11-5-17)38(28,29)34-16-23-24(36-39(30,31)21-12-6-18(2)7-13-21)25(26(27)35-23)37-40(32,33)22-14-8-19(3)9-15-22/h4-15,23-27H,16H2,1-3H3. The molecule has 11 nitrogen and oxygen atoms in total. The predicted molar refractivity (Wildman–Crippen MR) is 142 cm³/mol. The third kappa shape index (κ3) is 6.95. The van der Waals surface area contributed by atoms with E-state index in [2.05, 4.69) is 0 Å². The summed E-state index contributed by atoms with van der Waals surface area (Å²) in [5.41, 5.74) is 2.36. The van der Waals surface area contributed by atoms with E-state index in [1.54, 1.807) is 32.9 Å². The van der Waals surface area contributed by atoms with E-state index < -0.39 is 61.6 Å². The maximum atomic E-state index is 13.1. The van der Waals surface area contributed by atoms with Crippen LogP contribution in [0.3, 0.4) is 0 Å². The van der Waals surface area contributed by atoms with Crippen molar-refractivity contribution in [2.75, 3.05) is 6.61 Å². The Morgan fingerprint density at radius 3 is 1.35 bits per heavy atom. The van der Waals surface area contributed by atoms with Gasteiger partial charge in [0.25, 0.3) is 30.4 Å². The van der Waals surface area contributed by atoms with Gasteiger partial charge in [0.15, 0.2) is 12.4 Å². The lowest BCUT2D eigenvalue weighted by Gasteiger charge is -2.23. The van der Waals surface area contributed by atoms with E-state index in [0.29, 0.717) is 0 Å². The number of aryl methyl sites for hydroxylation is 3. The number of benzene rings is 3. The summed E-state index contributed by atoms with van der Waals surface area (Å²) in [4.78, 5) is -0.685. The van der Waals surface area contributed by atoms with Gasteiger partial charge < -0.3 is 9.84 Å². The largest absolute Gasteiger partial charge is 0.366 e. The summed E-state index contributed by atoms with van der Waals surface area (Å²) in [5.74, 6) is 0. The fraction of sp³-hybridized carbons (Fsp3) is 0.308. The summed E-state index contributed by atoms with van der Waals surface area (Å²) in [6.07, 6.45) is -7.26. The molecule has 14 heteroatoms. The summed E-state index contributed by atoms with van der Waals surface area (Å²) >= 11 is 0. The Kier molecular flexibility index (Phi) is 8.82. The summed E-state index contributed by atoms with van der Waals surface area (Å²) in [7, 11) is -13.4. The normalized spacial score (nSPS) is 21.9. The van der Waals surface area contributed by atoms with Gasteiger partial charge in [-0.2, -0.15) is 25.3 Å². The molecule has 4 rings (SSSR count). The zero-order valence-electron chi connectivity index (χ0n) is 21.7. The molecule has 4 unspecified atom stereocenters. The lowest BCUT2D eigenvalue weighted by atomic mass is 10.1. The maximum absolute atomic E-state index is 13.1. The summed E-state index contributed by atoms with van der Waals surface area (Å²) in [6, 6.07) is 17.0. The first-order chi connectivity index (χ1) is 18.7. The Hall–Kier alpha value is -2.69. The van der Waals surface area contributed by atoms with Gasteiger partial charge >= 0.3 is 0 Å². The minimum Gasteiger partial charge on any atom is -0.366 e. The van der Waals surface area contributed by atoms with Crippen LogP contribution in [0.2, 0.25) is 0 Å². The van der Waals surface area contributed by atoms with Crippen LogP contribution in [0.5, 0.6) is 0 Å². The zero-order valence-corrected chi connectivity index (χ0v) is 24.1. The first-order valence-corrected chi connectivity index (χ1v) is 16.2. The Morgan fingerprint density at radius 2 is 0.950 bits per heavy atom. The molecule has 1 fully saturated rings. The molecule has 40 heavy (non-hydrogen) atoms. The van der Waals surface area contributed by atoms with E-state index in [-0.39, 0.29) is 14.7 Å². The molecule has 0 radical (unpaired) electrons. The predicted octanol–water partition coefficient (Wildman–Crippen LogP) is 2.58. The van der Waals surface area contributed by atoms with Crippen molar-refractivity contribution in [1.29, 1.82) is 0 Å². The van der Waals surface area contributed by atoms with Crippen molar-refractivity contribution in [1.82, 2.24) is 0 Å². The lowest BCUT2D eigenvalue weighted by Crippen LogP contribution is -2.41. The second kappa shape index (κ2) is 11.7. The molecule has 1 saturated heterocycles. The molecule has 0 spiro atoms. The number of aliphatic hydroxyl groups is 1. The van der Waals surface area contributed by atoms with Gasteiger partial charge in [-0.3, -0.25) is 12.5 Å². The highest BCUT2D eigenvalue weighted by Crippen LogP contribution is 2.32. The van der Waals surface area contributed by atoms with E-state index in [9.17, 15) is 30.4 Å². The van der Waals surface area contributed by atoms with E-state index >= 15 is 0 Å². The molecule has 1 aliphatic rings. The highest BCUT2D eigenvalue weighted by atomic mass is 32.2. The Morgan fingerprint density at radius 1 is 0.600 bits per heavy atom. The Labute approximate surface area is 233 Å². The smallest absolute Gasteiger partial charge is 0.297 e. The Bertz CT molecular complexity index is 1650. The van der Waals surface area contributed by atoms with Crippen molar-refractivity contribution in [2.24, 2.45) is 0 Å². The summed E-state index contributed by atoms with van der Waals surface area (Å²) < 4.78 is 98.6. The van der Waals surface area contributed by atoms with Crippen molar-refractivity contribution < 1.29 is 47.6 Å². The average molecular weight is 613 g/mol. The van der Waals surface area contributed by atoms with Crippen molar-refractivity contribution in [3.63, 3.8) is 0 Å². The summed E-state index contributed by atoms with van der Waals surface area (Å²) in [6.45, 7) is 4.46. The quantitative estimate of drug-likeness (QED) is 0.335. The van der Waals surface area contributed by atoms with E-state index in [1.807, 2.05) is 0 Å². The fourth-order valence-corrected chi connectivity index (χ4v) is 6.91. The molecular weight excluding hydrogens is 584 g/mol. The van der Waals surface area contributed by atoms with Crippen LogP contribution < -0.4 is 0 Å². The minimum atomic E-state index is -4.56. The molecule has 1 N–H and O–H groups in total. The highest BCUT2D eigenvalue weighted by molar-refractivity contribution is 7.87. The van der Waals surface area contributed by atoms with Gasteiger partial charge in [-0.25, -0.2) is 0 Å². The van der Waals surface area contributed by atoms with Crippen LogP contribution in [-0.2, 0) is 47.6 Å². The molecule has 0 saturated carbocycles. The summed E-state index contributed by atoms with van der Waals surface area (Å²) in [5, 5.41) is 10.6. The molecule has 216 valence electrons. The first kappa shape index (κ1) is 30.3. The minimum absolute atomic E-state index is 0.170. The maximum Gasteiger partial charge on any atom is 0.297 e. The number of rotatable bonds is 10. The third-order valence-electron chi connectivity index (χ3n) is 6.08. The molecule has 0 aliphatic carbocycles. The molecule has 1 heterocycles. The molecule has 0 amide bonds. The van der Waals surface area contributed by atoms with Gasteiger partial charge in [-0.15, -0.1) is 0 Å². The van der Waals surface area contributed by atoms with Crippen molar-refractivity contribution >= 4 is 30.4 Å². The van der Waals surface area contributed by atoms with Gasteiger partial charge in [0, 0.05) is 0 Å². The van der Waals surface area contributed by atoms with Crippen LogP contribution in [0.25, 0.3) is 0 Å². The van der Waals surface area contributed by atoms with Gasteiger partial charge in [-0.1, -0.05) is 53.1 Å². The van der Waals surface area contributed by atoms with Crippen LogP contribution in [0.15, 0.2) is 87.5 Å². The van der Waals surface area contributed by atoms with Crippen LogP contribution in [0, 0.1) is 20.8 Å². The lowest BCUT2D eigenvalue weighted by molar-refractivity contribution is -0.125. The molecule has 0 bridgehead atoms. The molecule has 3 aromatic carbocycles. The molecule has 0 aromatic heterocycles. The molecule has 4 atom stereocenters. The van der Waals surface area contributed by atoms with Gasteiger partial charge in [-0.05, 0) is 57.2 Å². The van der Waals surface area contributed by atoms with Crippen molar-refractivity contribution in [3.05, 3.63) is 89.5 Å². The SMILES string of the molecule is Cc1ccc(S(=O)(=O)OCC2OC(O)C(OS(=O)(=O)c3ccc(C)cc3)C2OS(=O)(=O)c2ccc(C)cc2)cc1. The number of aliphatic hydroxyl groups excluding tert-OH is 1. The zero-order chi connectivity index (χ0) is 29.3. The monoisotopic (exact) mass is 612 g/mol. The second-order valence-corrected chi connectivity index (χ2v) is 14.0.